The normalized spacial score (nSPS) is 17.0. The number of carbonyl (C=O) groups excluding carboxylic acids is 1. The quantitative estimate of drug-likeness (QED) is 0.252. The molecule has 0 aliphatic carbocycles. The Morgan fingerprint density at radius 2 is 1.79 bits per heavy atom. The molecule has 4 heterocycles. The van der Waals surface area contributed by atoms with E-state index in [-0.39, 0.29) is 5.78 Å². The molecule has 0 atom stereocenters. The van der Waals surface area contributed by atoms with Crippen LogP contribution in [0.3, 0.4) is 0 Å². The van der Waals surface area contributed by atoms with E-state index in [9.17, 15) is 10.1 Å². The maximum absolute atomic E-state index is 13.0. The molecule has 0 bridgehead atoms. The first-order chi connectivity index (χ1) is 20.6. The number of piperidine rings is 1. The van der Waals surface area contributed by atoms with Crippen LogP contribution in [0.25, 0.3) is 10.9 Å². The summed E-state index contributed by atoms with van der Waals surface area (Å²) < 4.78 is 0. The van der Waals surface area contributed by atoms with E-state index in [1.165, 1.54) is 29.7 Å². The molecular weight excluding hydrogens is 520 g/mol. The third kappa shape index (κ3) is 6.89. The maximum atomic E-state index is 13.0. The zero-order valence-corrected chi connectivity index (χ0v) is 24.3. The van der Waals surface area contributed by atoms with Crippen molar-refractivity contribution in [3.63, 3.8) is 0 Å². The number of anilines is 1. The van der Waals surface area contributed by atoms with Gasteiger partial charge in [0.05, 0.1) is 11.6 Å². The van der Waals surface area contributed by atoms with Crippen LogP contribution in [0.2, 0.25) is 0 Å². The number of aromatic nitrogens is 2. The number of likely N-dealkylation sites (tertiary alicyclic amines) is 1. The molecule has 0 radical (unpaired) electrons. The number of aromatic amines is 1. The van der Waals surface area contributed by atoms with Crippen molar-refractivity contribution in [1.82, 2.24) is 19.8 Å². The Bertz CT molecular complexity index is 1510. The summed E-state index contributed by atoms with van der Waals surface area (Å²) in [5.41, 5.74) is 6.38. The molecule has 2 saturated heterocycles. The summed E-state index contributed by atoms with van der Waals surface area (Å²) in [6, 6.07) is 20.5. The van der Waals surface area contributed by atoms with Crippen LogP contribution in [0.5, 0.6) is 0 Å². The van der Waals surface area contributed by atoms with Crippen molar-refractivity contribution in [2.75, 3.05) is 50.7 Å². The van der Waals surface area contributed by atoms with Crippen molar-refractivity contribution in [3.05, 3.63) is 95.4 Å². The van der Waals surface area contributed by atoms with Gasteiger partial charge >= 0.3 is 0 Å². The zero-order chi connectivity index (χ0) is 28.7. The number of carbonyl (C=O) groups is 1. The van der Waals surface area contributed by atoms with Gasteiger partial charge in [-0.2, -0.15) is 5.26 Å². The number of fused-ring (bicyclic) bond motifs is 1. The Morgan fingerprint density at radius 3 is 2.52 bits per heavy atom. The average Bonchev–Trinajstić information content (AvgIpc) is 3.46. The van der Waals surface area contributed by atoms with Gasteiger partial charge in [-0.05, 0) is 104 Å². The van der Waals surface area contributed by atoms with E-state index in [0.717, 1.165) is 81.7 Å². The molecule has 2 aromatic heterocycles. The number of nitrogens with zero attached hydrogens (tertiary/aromatic N) is 5. The van der Waals surface area contributed by atoms with Crippen LogP contribution >= 0.6 is 0 Å². The van der Waals surface area contributed by atoms with Crippen LogP contribution in [0.4, 0.5) is 5.69 Å². The first-order valence-electron chi connectivity index (χ1n) is 15.4. The highest BCUT2D eigenvalue weighted by atomic mass is 16.1. The van der Waals surface area contributed by atoms with E-state index >= 15 is 0 Å². The van der Waals surface area contributed by atoms with Crippen LogP contribution in [0.15, 0.2) is 73.2 Å². The Labute approximate surface area is 248 Å². The minimum Gasteiger partial charge on any atom is -0.369 e. The van der Waals surface area contributed by atoms with Gasteiger partial charge in [0.1, 0.15) is 0 Å². The molecule has 0 amide bonds. The lowest BCUT2D eigenvalue weighted by Crippen LogP contribution is -2.47. The van der Waals surface area contributed by atoms with E-state index in [4.69, 9.17) is 0 Å². The highest BCUT2D eigenvalue weighted by Crippen LogP contribution is 2.25. The number of nitrogens with one attached hydrogen (secondary N) is 1. The fraction of sp³-hybridized carbons (Fsp3) is 0.400. The predicted molar refractivity (Wildman–Crippen MR) is 168 cm³/mol. The zero-order valence-electron chi connectivity index (χ0n) is 24.3. The molecule has 2 aromatic carbocycles. The van der Waals surface area contributed by atoms with Gasteiger partial charge in [0.15, 0.2) is 5.78 Å². The number of nitriles is 1. The lowest BCUT2D eigenvalue weighted by molar-refractivity contribution is 0.0961. The summed E-state index contributed by atoms with van der Waals surface area (Å²) >= 11 is 0. The van der Waals surface area contributed by atoms with Crippen molar-refractivity contribution in [1.29, 1.82) is 5.26 Å². The molecule has 0 unspecified atom stereocenters. The number of hydrogen-bond acceptors (Lipinski definition) is 6. The predicted octanol–water partition coefficient (Wildman–Crippen LogP) is 5.67. The highest BCUT2D eigenvalue weighted by Gasteiger charge is 2.21. The Hall–Kier alpha value is -3.99. The summed E-state index contributed by atoms with van der Waals surface area (Å²) in [5, 5.41) is 10.4. The van der Waals surface area contributed by atoms with Gasteiger partial charge < -0.3 is 9.88 Å². The van der Waals surface area contributed by atoms with Crippen LogP contribution in [-0.4, -0.2) is 71.4 Å². The van der Waals surface area contributed by atoms with Crippen LogP contribution in [0, 0.1) is 17.2 Å². The molecule has 0 spiro atoms. The number of piperazine rings is 1. The largest absolute Gasteiger partial charge is 0.369 e. The lowest BCUT2D eigenvalue weighted by atomic mass is 9.90. The second-order valence-corrected chi connectivity index (χ2v) is 11.9. The van der Waals surface area contributed by atoms with Crippen molar-refractivity contribution >= 4 is 22.4 Å². The smallest absolute Gasteiger partial charge is 0.162 e. The summed E-state index contributed by atoms with van der Waals surface area (Å²) in [4.78, 5) is 28.0. The fourth-order valence-electron chi connectivity index (χ4n) is 6.48. The third-order valence-corrected chi connectivity index (χ3v) is 9.14. The second kappa shape index (κ2) is 13.3. The molecule has 216 valence electrons. The summed E-state index contributed by atoms with van der Waals surface area (Å²) in [5.74, 6) is 0.906. The first kappa shape index (κ1) is 28.1. The van der Waals surface area contributed by atoms with Gasteiger partial charge in [-0.3, -0.25) is 19.6 Å². The maximum Gasteiger partial charge on any atom is 0.162 e. The van der Waals surface area contributed by atoms with Gasteiger partial charge in [0.2, 0.25) is 0 Å². The standard InChI is InChI=1S/C35H40N6O/c36-23-28-3-9-34-33(22-28)31(25-38-34)13-17-39-18-20-41(21-19-39)32-7-5-30(6-8-32)35(42)10-4-27-11-15-40(16-12-27)26-29-2-1-14-37-24-29/h1-3,5-9,14,22,24-25,27,38H,4,10-13,15-21,26H2. The van der Waals surface area contributed by atoms with E-state index in [0.29, 0.717) is 17.9 Å². The monoisotopic (exact) mass is 560 g/mol. The summed E-state index contributed by atoms with van der Waals surface area (Å²) in [6.07, 6.45) is 10.8. The summed E-state index contributed by atoms with van der Waals surface area (Å²) in [6.45, 7) is 8.19. The van der Waals surface area contributed by atoms with E-state index < -0.39 is 0 Å². The summed E-state index contributed by atoms with van der Waals surface area (Å²) in [7, 11) is 0. The van der Waals surface area contributed by atoms with E-state index in [1.807, 2.05) is 48.8 Å². The molecular formula is C35H40N6O. The molecule has 2 aliphatic heterocycles. The number of pyridine rings is 1. The number of H-pyrrole nitrogens is 1. The number of hydrogen-bond donors (Lipinski definition) is 1. The third-order valence-electron chi connectivity index (χ3n) is 9.14. The lowest BCUT2D eigenvalue weighted by Gasteiger charge is -2.36. The molecule has 7 heteroatoms. The van der Waals surface area contributed by atoms with Crippen LogP contribution in [0.1, 0.15) is 52.7 Å². The minimum absolute atomic E-state index is 0.267. The van der Waals surface area contributed by atoms with Crippen molar-refractivity contribution in [2.24, 2.45) is 5.92 Å². The Balaban J connectivity index is 0.916. The molecule has 2 fully saturated rings. The Morgan fingerprint density at radius 1 is 0.976 bits per heavy atom. The van der Waals surface area contributed by atoms with E-state index in [1.54, 1.807) is 0 Å². The molecule has 4 aromatic rings. The van der Waals surface area contributed by atoms with Gasteiger partial charge in [-0.25, -0.2) is 0 Å². The Kier molecular flexibility index (Phi) is 8.93. The van der Waals surface area contributed by atoms with E-state index in [2.05, 4.69) is 55.1 Å². The van der Waals surface area contributed by atoms with Crippen LogP contribution in [-0.2, 0) is 13.0 Å². The van der Waals surface area contributed by atoms with Gasteiger partial charge in [-0.15, -0.1) is 0 Å². The fourth-order valence-corrected chi connectivity index (χ4v) is 6.48. The number of rotatable bonds is 10. The minimum atomic E-state index is 0.267. The first-order valence-corrected chi connectivity index (χ1v) is 15.4. The SMILES string of the molecule is N#Cc1ccc2[nH]cc(CCN3CCN(c4ccc(C(=O)CCC5CCN(Cc6cccnc6)CC5)cc4)CC3)c2c1. The molecule has 1 N–H and O–H groups in total. The molecule has 0 saturated carbocycles. The van der Waals surface area contributed by atoms with Gasteiger partial charge in [0.25, 0.3) is 0 Å². The topological polar surface area (TPSA) is 79.3 Å². The van der Waals surface area contributed by atoms with Crippen LogP contribution < -0.4 is 4.90 Å². The second-order valence-electron chi connectivity index (χ2n) is 11.9. The van der Waals surface area contributed by atoms with Gasteiger partial charge in [0, 0.05) is 86.4 Å². The van der Waals surface area contributed by atoms with Gasteiger partial charge in [-0.1, -0.05) is 6.07 Å². The van der Waals surface area contributed by atoms with Crippen molar-refractivity contribution < 1.29 is 4.79 Å². The number of benzene rings is 2. The molecule has 7 nitrogen and oxygen atoms in total. The molecule has 2 aliphatic rings. The van der Waals surface area contributed by atoms with Crippen molar-refractivity contribution in [2.45, 2.75) is 38.6 Å². The molecule has 6 rings (SSSR count). The number of Topliss-reactive ketones (excluding diaryl/α,β-unsaturated/α-hetero) is 1. The number of ketones is 1. The highest BCUT2D eigenvalue weighted by molar-refractivity contribution is 5.96. The molecule has 42 heavy (non-hydrogen) atoms. The van der Waals surface area contributed by atoms with Crippen molar-refractivity contribution in [3.8, 4) is 6.07 Å². The average molecular weight is 561 g/mol.